The molecule has 0 aromatic heterocycles. The maximum Gasteiger partial charge on any atom is 0.294 e. The van der Waals surface area contributed by atoms with Crippen molar-refractivity contribution in [2.45, 2.75) is 85.6 Å². The molecule has 0 spiro atoms. The molecule has 0 radical (unpaired) electrons. The number of anilines is 1. The summed E-state index contributed by atoms with van der Waals surface area (Å²) < 4.78 is 0.512. The molecule has 3 rings (SSSR count). The number of likely N-dealkylation sites (tertiary alicyclic amines) is 2. The van der Waals surface area contributed by atoms with Gasteiger partial charge in [-0.2, -0.15) is 0 Å². The number of nitrogens with one attached hydrogen (secondary N) is 1. The molecule has 2 fully saturated rings. The van der Waals surface area contributed by atoms with Gasteiger partial charge in [0.15, 0.2) is 0 Å². The lowest BCUT2D eigenvalue weighted by Crippen LogP contribution is -2.44. The molecule has 2 unspecified atom stereocenters. The van der Waals surface area contributed by atoms with Gasteiger partial charge in [0, 0.05) is 60.8 Å². The molecule has 0 aliphatic carbocycles. The summed E-state index contributed by atoms with van der Waals surface area (Å²) >= 11 is 3.40. The van der Waals surface area contributed by atoms with E-state index >= 15 is 0 Å². The van der Waals surface area contributed by atoms with Gasteiger partial charge < -0.3 is 19.9 Å². The predicted octanol–water partition coefficient (Wildman–Crippen LogP) is 7.04. The van der Waals surface area contributed by atoms with Gasteiger partial charge in [-0.25, -0.2) is 0 Å². The van der Waals surface area contributed by atoms with Crippen LogP contribution in [0.1, 0.15) is 89.9 Å². The van der Waals surface area contributed by atoms with Crippen LogP contribution in [0.4, 0.5) is 11.4 Å². The fraction of sp³-hybridized carbons (Fsp3) is 0.667. The van der Waals surface area contributed by atoms with Crippen LogP contribution in [0.5, 0.6) is 0 Å². The van der Waals surface area contributed by atoms with E-state index in [1.165, 1.54) is 6.07 Å². The van der Waals surface area contributed by atoms with Gasteiger partial charge >= 0.3 is 0 Å². The minimum absolute atomic E-state index is 0.0897. The van der Waals surface area contributed by atoms with Gasteiger partial charge in [0.2, 0.25) is 0 Å². The zero-order valence-electron chi connectivity index (χ0n) is 24.2. The summed E-state index contributed by atoms with van der Waals surface area (Å²) in [4.78, 5) is 41.4. The van der Waals surface area contributed by atoms with Crippen molar-refractivity contribution < 1.29 is 14.5 Å². The summed E-state index contributed by atoms with van der Waals surface area (Å²) in [5, 5.41) is 15.5. The summed E-state index contributed by atoms with van der Waals surface area (Å²) in [6.45, 7) is 17.5. The Kier molecular flexibility index (Phi) is 10.6. The minimum atomic E-state index is -0.417. The highest BCUT2D eigenvalue weighted by Gasteiger charge is 2.34. The number of nitrogens with zero attached hydrogens (tertiary/aromatic N) is 3. The number of hydrogen-bond acceptors (Lipinski definition) is 6. The molecular weight excluding hydrogens is 560 g/mol. The van der Waals surface area contributed by atoms with Crippen LogP contribution in [0.25, 0.3) is 0 Å². The van der Waals surface area contributed by atoms with Crippen molar-refractivity contribution in [1.29, 1.82) is 0 Å². The first-order valence-corrected chi connectivity index (χ1v) is 15.1. The number of carbonyl (C=O) groups is 2. The number of rotatable bonds is 10. The van der Waals surface area contributed by atoms with E-state index in [-0.39, 0.29) is 40.4 Å². The number of nitro benzene ring substituents is 1. The summed E-state index contributed by atoms with van der Waals surface area (Å²) in [5.74, 6) is 0.621. The molecule has 1 N–H and O–H groups in total. The Bertz CT molecular complexity index is 1080. The Morgan fingerprint density at radius 1 is 1.18 bits per heavy atom. The quantitative estimate of drug-likeness (QED) is 0.227. The van der Waals surface area contributed by atoms with Crippen molar-refractivity contribution in [1.82, 2.24) is 9.80 Å². The van der Waals surface area contributed by atoms with Crippen LogP contribution in [0.3, 0.4) is 0 Å². The zero-order valence-corrected chi connectivity index (χ0v) is 25.8. The molecule has 39 heavy (non-hydrogen) atoms. The normalized spacial score (nSPS) is 19.5. The molecule has 1 aromatic rings. The van der Waals surface area contributed by atoms with Gasteiger partial charge in [-0.05, 0) is 56.4 Å². The van der Waals surface area contributed by atoms with Crippen LogP contribution >= 0.6 is 15.9 Å². The first kappa shape index (κ1) is 31.1. The van der Waals surface area contributed by atoms with Crippen molar-refractivity contribution in [2.75, 3.05) is 31.5 Å². The Labute approximate surface area is 241 Å². The van der Waals surface area contributed by atoms with Crippen molar-refractivity contribution in [2.24, 2.45) is 17.3 Å². The molecule has 2 aliphatic heterocycles. The number of benzene rings is 1. The van der Waals surface area contributed by atoms with Gasteiger partial charge in [0.1, 0.15) is 11.5 Å². The van der Waals surface area contributed by atoms with E-state index in [4.69, 9.17) is 0 Å². The average Bonchev–Trinajstić information content (AvgIpc) is 2.87. The SMILES string of the molecule is C=C(C(CCC)CC(C)=O)N1CCCC(Nc2c(C(=O)N3CCC(C(C)(C)C)CC3)cc(Br)cc2[N+](=O)[O-])C1. The van der Waals surface area contributed by atoms with Gasteiger partial charge in [-0.3, -0.25) is 14.9 Å². The second-order valence-electron chi connectivity index (χ2n) is 12.3. The number of nitro groups is 1. The number of allylic oxidation sites excluding steroid dienone is 1. The number of halogens is 1. The van der Waals surface area contributed by atoms with Gasteiger partial charge in [0.05, 0.1) is 10.5 Å². The van der Waals surface area contributed by atoms with Gasteiger partial charge in [0.25, 0.3) is 11.6 Å². The van der Waals surface area contributed by atoms with Gasteiger partial charge in [-0.1, -0.05) is 56.6 Å². The van der Waals surface area contributed by atoms with Crippen LogP contribution in [0.15, 0.2) is 28.9 Å². The van der Waals surface area contributed by atoms with E-state index in [1.807, 2.05) is 4.90 Å². The number of Topliss-reactive ketones (excluding diaryl/α,β-unsaturated/α-hetero) is 1. The number of hydrogen-bond donors (Lipinski definition) is 1. The average molecular weight is 606 g/mol. The molecule has 1 aromatic carbocycles. The van der Waals surface area contributed by atoms with Crippen molar-refractivity contribution >= 4 is 39.0 Å². The molecule has 9 heteroatoms. The molecule has 216 valence electrons. The van der Waals surface area contributed by atoms with E-state index in [0.29, 0.717) is 42.0 Å². The lowest BCUT2D eigenvalue weighted by atomic mass is 9.75. The molecule has 2 aliphatic rings. The minimum Gasteiger partial charge on any atom is -0.374 e. The summed E-state index contributed by atoms with van der Waals surface area (Å²) in [6, 6.07) is 3.08. The highest BCUT2D eigenvalue weighted by Crippen LogP contribution is 2.38. The Morgan fingerprint density at radius 2 is 1.85 bits per heavy atom. The Morgan fingerprint density at radius 3 is 2.41 bits per heavy atom. The maximum absolute atomic E-state index is 13.8. The van der Waals surface area contributed by atoms with Crippen molar-refractivity contribution in [3.63, 3.8) is 0 Å². The second kappa shape index (κ2) is 13.3. The third-order valence-electron chi connectivity index (χ3n) is 8.33. The second-order valence-corrected chi connectivity index (χ2v) is 13.3. The summed E-state index contributed by atoms with van der Waals surface area (Å²) in [7, 11) is 0. The number of carbonyl (C=O) groups excluding carboxylic acids is 2. The van der Waals surface area contributed by atoms with Crippen LogP contribution < -0.4 is 5.32 Å². The number of piperidine rings is 2. The standard InChI is InChI=1S/C30H45BrN4O4/c1-7-9-22(16-20(2)36)21(3)34-13-8-10-25(19-34)32-28-26(17-24(31)18-27(28)35(38)39)29(37)33-14-11-23(12-15-33)30(4,5)6/h17-18,22-23,25,32H,3,7-16,19H2,1-2,4-6H3. The Balaban J connectivity index is 1.84. The molecule has 2 heterocycles. The van der Waals surface area contributed by atoms with E-state index in [2.05, 4.69) is 60.4 Å². The van der Waals surface area contributed by atoms with Crippen LogP contribution in [0, 0.1) is 27.4 Å². The fourth-order valence-electron chi connectivity index (χ4n) is 6.08. The summed E-state index contributed by atoms with van der Waals surface area (Å²) in [5.41, 5.74) is 1.67. The molecule has 8 nitrogen and oxygen atoms in total. The fourth-order valence-corrected chi connectivity index (χ4v) is 6.52. The van der Waals surface area contributed by atoms with E-state index in [1.54, 1.807) is 13.0 Å². The number of ketones is 1. The largest absolute Gasteiger partial charge is 0.374 e. The predicted molar refractivity (Wildman–Crippen MR) is 160 cm³/mol. The first-order valence-electron chi connectivity index (χ1n) is 14.3. The van der Waals surface area contributed by atoms with Crippen LogP contribution in [-0.2, 0) is 4.79 Å². The highest BCUT2D eigenvalue weighted by atomic mass is 79.9. The molecule has 2 saturated heterocycles. The molecule has 0 saturated carbocycles. The lowest BCUT2D eigenvalue weighted by molar-refractivity contribution is -0.384. The lowest BCUT2D eigenvalue weighted by Gasteiger charge is -2.40. The van der Waals surface area contributed by atoms with Crippen LogP contribution in [-0.4, -0.2) is 58.6 Å². The molecular formula is C30H45BrN4O4. The monoisotopic (exact) mass is 604 g/mol. The van der Waals surface area contributed by atoms with E-state index in [9.17, 15) is 19.7 Å². The van der Waals surface area contributed by atoms with Crippen molar-refractivity contribution in [3.8, 4) is 0 Å². The van der Waals surface area contributed by atoms with Crippen LogP contribution in [0.2, 0.25) is 0 Å². The smallest absolute Gasteiger partial charge is 0.294 e. The van der Waals surface area contributed by atoms with E-state index < -0.39 is 4.92 Å². The molecule has 1 amide bonds. The number of amides is 1. The van der Waals surface area contributed by atoms with Crippen molar-refractivity contribution in [3.05, 3.63) is 44.6 Å². The third-order valence-corrected chi connectivity index (χ3v) is 8.79. The highest BCUT2D eigenvalue weighted by molar-refractivity contribution is 9.10. The third kappa shape index (κ3) is 8.05. The Hall–Kier alpha value is -2.42. The molecule has 0 bridgehead atoms. The summed E-state index contributed by atoms with van der Waals surface area (Å²) in [6.07, 6.45) is 5.91. The van der Waals surface area contributed by atoms with Gasteiger partial charge in [-0.15, -0.1) is 0 Å². The molecule has 2 atom stereocenters. The maximum atomic E-state index is 13.8. The van der Waals surface area contributed by atoms with E-state index in [0.717, 1.165) is 50.8 Å². The topological polar surface area (TPSA) is 95.8 Å². The zero-order chi connectivity index (χ0) is 28.9. The first-order chi connectivity index (χ1) is 18.3.